The van der Waals surface area contributed by atoms with Gasteiger partial charge in [-0.2, -0.15) is 0 Å². The Labute approximate surface area is 111 Å². The minimum absolute atomic E-state index is 0.220. The van der Waals surface area contributed by atoms with Gasteiger partial charge in [0.15, 0.2) is 11.5 Å². The maximum atomic E-state index is 5.75. The average Bonchev–Trinajstić information content (AvgIpc) is 3.27. The van der Waals surface area contributed by atoms with Crippen LogP contribution in [0.5, 0.6) is 11.5 Å². The fourth-order valence-corrected chi connectivity index (χ4v) is 2.02. The molecule has 0 aliphatic carbocycles. The van der Waals surface area contributed by atoms with Crippen molar-refractivity contribution in [1.82, 2.24) is 9.97 Å². The SMILES string of the molecule is CCc1ncnc2cc(OC)c(OCC3CO3)cc12. The highest BCUT2D eigenvalue weighted by atomic mass is 16.6. The normalized spacial score (nSPS) is 17.5. The highest BCUT2D eigenvalue weighted by Gasteiger charge is 2.24. The van der Waals surface area contributed by atoms with E-state index in [1.54, 1.807) is 13.4 Å². The summed E-state index contributed by atoms with van der Waals surface area (Å²) >= 11 is 0. The van der Waals surface area contributed by atoms with Crippen LogP contribution >= 0.6 is 0 Å². The van der Waals surface area contributed by atoms with Crippen LogP contribution in [0, 0.1) is 0 Å². The topological polar surface area (TPSA) is 56.8 Å². The molecule has 2 heterocycles. The zero-order chi connectivity index (χ0) is 13.2. The van der Waals surface area contributed by atoms with Crippen LogP contribution in [-0.2, 0) is 11.2 Å². The first-order valence-electron chi connectivity index (χ1n) is 6.38. The number of aryl methyl sites for hydroxylation is 1. The zero-order valence-corrected chi connectivity index (χ0v) is 11.0. The molecule has 1 saturated heterocycles. The number of hydrogen-bond donors (Lipinski definition) is 0. The van der Waals surface area contributed by atoms with Gasteiger partial charge < -0.3 is 14.2 Å². The van der Waals surface area contributed by atoms with Gasteiger partial charge in [0.2, 0.25) is 0 Å². The summed E-state index contributed by atoms with van der Waals surface area (Å²) in [5.41, 5.74) is 1.89. The minimum Gasteiger partial charge on any atom is -0.493 e. The molecule has 19 heavy (non-hydrogen) atoms. The summed E-state index contributed by atoms with van der Waals surface area (Å²) in [6.45, 7) is 3.40. The largest absolute Gasteiger partial charge is 0.493 e. The molecule has 1 fully saturated rings. The number of epoxide rings is 1. The smallest absolute Gasteiger partial charge is 0.162 e. The molecule has 100 valence electrons. The third kappa shape index (κ3) is 2.46. The second-order valence-electron chi connectivity index (χ2n) is 4.46. The van der Waals surface area contributed by atoms with Crippen LogP contribution in [0.15, 0.2) is 18.5 Å². The number of fused-ring (bicyclic) bond motifs is 1. The van der Waals surface area contributed by atoms with Gasteiger partial charge in [-0.3, -0.25) is 0 Å². The van der Waals surface area contributed by atoms with Gasteiger partial charge in [0, 0.05) is 11.5 Å². The van der Waals surface area contributed by atoms with Crippen molar-refractivity contribution in [3.63, 3.8) is 0 Å². The molecule has 0 amide bonds. The number of nitrogens with zero attached hydrogens (tertiary/aromatic N) is 2. The van der Waals surface area contributed by atoms with Crippen LogP contribution in [0.3, 0.4) is 0 Å². The average molecular weight is 260 g/mol. The van der Waals surface area contributed by atoms with E-state index in [4.69, 9.17) is 14.2 Å². The molecule has 0 spiro atoms. The molecule has 0 saturated carbocycles. The van der Waals surface area contributed by atoms with Gasteiger partial charge in [0.05, 0.1) is 24.9 Å². The lowest BCUT2D eigenvalue weighted by Gasteiger charge is -2.12. The van der Waals surface area contributed by atoms with Crippen molar-refractivity contribution in [1.29, 1.82) is 0 Å². The molecule has 0 N–H and O–H groups in total. The second-order valence-corrected chi connectivity index (χ2v) is 4.46. The van der Waals surface area contributed by atoms with Crippen molar-refractivity contribution >= 4 is 10.9 Å². The molecule has 3 rings (SSSR count). The van der Waals surface area contributed by atoms with Crippen LogP contribution in [0.4, 0.5) is 0 Å². The number of benzene rings is 1. The van der Waals surface area contributed by atoms with Crippen molar-refractivity contribution in [2.75, 3.05) is 20.3 Å². The van der Waals surface area contributed by atoms with Gasteiger partial charge in [-0.1, -0.05) is 6.92 Å². The standard InChI is InChI=1S/C14H16N2O3/c1-3-11-10-4-14(19-7-9-6-18-9)13(17-2)5-12(10)16-8-15-11/h4-5,8-9H,3,6-7H2,1-2H3. The fourth-order valence-electron chi connectivity index (χ4n) is 2.02. The summed E-state index contributed by atoms with van der Waals surface area (Å²) in [6, 6.07) is 3.84. The zero-order valence-electron chi connectivity index (χ0n) is 11.0. The predicted molar refractivity (Wildman–Crippen MR) is 70.7 cm³/mol. The molecule has 0 radical (unpaired) electrons. The maximum Gasteiger partial charge on any atom is 0.162 e. The third-order valence-corrected chi connectivity index (χ3v) is 3.17. The first-order valence-corrected chi connectivity index (χ1v) is 6.38. The molecule has 1 aromatic carbocycles. The highest BCUT2D eigenvalue weighted by molar-refractivity contribution is 5.84. The summed E-state index contributed by atoms with van der Waals surface area (Å²) in [5, 5.41) is 1.01. The molecular weight excluding hydrogens is 244 g/mol. The second kappa shape index (κ2) is 5.01. The van der Waals surface area contributed by atoms with E-state index in [2.05, 4.69) is 16.9 Å². The molecule has 1 aromatic heterocycles. The van der Waals surface area contributed by atoms with Crippen molar-refractivity contribution < 1.29 is 14.2 Å². The van der Waals surface area contributed by atoms with E-state index in [-0.39, 0.29) is 6.10 Å². The monoisotopic (exact) mass is 260 g/mol. The Bertz CT molecular complexity index is 597. The van der Waals surface area contributed by atoms with Crippen LogP contribution < -0.4 is 9.47 Å². The molecule has 0 bridgehead atoms. The summed E-state index contributed by atoms with van der Waals surface area (Å²) in [4.78, 5) is 8.57. The van der Waals surface area contributed by atoms with E-state index in [0.29, 0.717) is 12.4 Å². The van der Waals surface area contributed by atoms with Gasteiger partial charge in [-0.15, -0.1) is 0 Å². The molecule has 1 unspecified atom stereocenters. The lowest BCUT2D eigenvalue weighted by molar-refractivity contribution is 0.252. The summed E-state index contributed by atoms with van der Waals surface area (Å²) in [5.74, 6) is 1.41. The van der Waals surface area contributed by atoms with E-state index in [1.807, 2.05) is 12.1 Å². The summed E-state index contributed by atoms with van der Waals surface area (Å²) in [7, 11) is 1.63. The molecule has 5 heteroatoms. The molecule has 1 atom stereocenters. The van der Waals surface area contributed by atoms with E-state index in [0.717, 1.165) is 35.4 Å². The van der Waals surface area contributed by atoms with Crippen LogP contribution in [0.25, 0.3) is 10.9 Å². The molecular formula is C14H16N2O3. The van der Waals surface area contributed by atoms with Gasteiger partial charge in [-0.25, -0.2) is 9.97 Å². The van der Waals surface area contributed by atoms with Gasteiger partial charge in [-0.05, 0) is 12.5 Å². The highest BCUT2D eigenvalue weighted by Crippen LogP contribution is 2.33. The van der Waals surface area contributed by atoms with Crippen LogP contribution in [0.1, 0.15) is 12.6 Å². The van der Waals surface area contributed by atoms with E-state index in [9.17, 15) is 0 Å². The predicted octanol–water partition coefficient (Wildman–Crippen LogP) is 1.98. The van der Waals surface area contributed by atoms with E-state index >= 15 is 0 Å². The fraction of sp³-hybridized carbons (Fsp3) is 0.429. The number of hydrogen-bond acceptors (Lipinski definition) is 5. The Balaban J connectivity index is 2.02. The van der Waals surface area contributed by atoms with Crippen molar-refractivity contribution in [2.24, 2.45) is 0 Å². The Morgan fingerprint density at radius 2 is 2.16 bits per heavy atom. The first kappa shape index (κ1) is 12.2. The quantitative estimate of drug-likeness (QED) is 0.769. The van der Waals surface area contributed by atoms with Gasteiger partial charge in [0.1, 0.15) is 19.0 Å². The third-order valence-electron chi connectivity index (χ3n) is 3.17. The first-order chi connectivity index (χ1) is 9.31. The Kier molecular flexibility index (Phi) is 3.21. The van der Waals surface area contributed by atoms with Crippen molar-refractivity contribution in [3.8, 4) is 11.5 Å². The summed E-state index contributed by atoms with van der Waals surface area (Å²) < 4.78 is 16.3. The Morgan fingerprint density at radius 1 is 1.32 bits per heavy atom. The van der Waals surface area contributed by atoms with Crippen LogP contribution in [-0.4, -0.2) is 36.4 Å². The van der Waals surface area contributed by atoms with E-state index in [1.165, 1.54) is 0 Å². The molecule has 2 aromatic rings. The lowest BCUT2D eigenvalue weighted by Crippen LogP contribution is -2.05. The number of methoxy groups -OCH3 is 1. The maximum absolute atomic E-state index is 5.75. The lowest BCUT2D eigenvalue weighted by atomic mass is 10.1. The van der Waals surface area contributed by atoms with Crippen molar-refractivity contribution in [3.05, 3.63) is 24.2 Å². The number of rotatable bonds is 5. The van der Waals surface area contributed by atoms with Crippen LogP contribution in [0.2, 0.25) is 0 Å². The van der Waals surface area contributed by atoms with Gasteiger partial charge >= 0.3 is 0 Å². The molecule has 1 aliphatic heterocycles. The molecule has 5 nitrogen and oxygen atoms in total. The van der Waals surface area contributed by atoms with E-state index < -0.39 is 0 Å². The molecule has 1 aliphatic rings. The Morgan fingerprint density at radius 3 is 2.84 bits per heavy atom. The minimum atomic E-state index is 0.220. The summed E-state index contributed by atoms with van der Waals surface area (Å²) in [6.07, 6.45) is 2.66. The number of aromatic nitrogens is 2. The van der Waals surface area contributed by atoms with Gasteiger partial charge in [0.25, 0.3) is 0 Å². The Hall–Kier alpha value is -1.88. The van der Waals surface area contributed by atoms with Crippen molar-refractivity contribution in [2.45, 2.75) is 19.4 Å². The number of ether oxygens (including phenoxy) is 3.